The lowest BCUT2D eigenvalue weighted by Gasteiger charge is -2.05. The van der Waals surface area contributed by atoms with Crippen molar-refractivity contribution in [2.24, 2.45) is 0 Å². The number of fused-ring (bicyclic) bond motifs is 1. The molecule has 4 aromatic rings. The summed E-state index contributed by atoms with van der Waals surface area (Å²) in [4.78, 5) is 13.1. The Hall–Kier alpha value is -2.25. The molecule has 3 aromatic heterocycles. The van der Waals surface area contributed by atoms with Crippen LogP contribution in [-0.4, -0.2) is 20.1 Å². The van der Waals surface area contributed by atoms with Crippen molar-refractivity contribution in [2.45, 2.75) is 17.2 Å². The monoisotopic (exact) mass is 340 g/mol. The molecule has 1 atom stereocenters. The molecule has 5 nitrogen and oxygen atoms in total. The second-order valence-corrected chi connectivity index (χ2v) is 7.14. The molecule has 1 aromatic carbocycles. The van der Waals surface area contributed by atoms with E-state index in [2.05, 4.69) is 20.1 Å². The topological polar surface area (TPSA) is 64.7 Å². The van der Waals surface area contributed by atoms with Gasteiger partial charge < -0.3 is 4.52 Å². The average Bonchev–Trinajstić information content (AvgIpc) is 3.25. The summed E-state index contributed by atoms with van der Waals surface area (Å²) in [5.41, 5.74) is 1.91. The molecule has 23 heavy (non-hydrogen) atoms. The Morgan fingerprint density at radius 2 is 2.00 bits per heavy atom. The van der Waals surface area contributed by atoms with Crippen molar-refractivity contribution in [1.82, 2.24) is 20.1 Å². The molecule has 0 saturated heterocycles. The molecule has 0 N–H and O–H groups in total. The highest BCUT2D eigenvalue weighted by molar-refractivity contribution is 7.99. The van der Waals surface area contributed by atoms with Crippen molar-refractivity contribution < 1.29 is 4.52 Å². The first kappa shape index (κ1) is 14.3. The zero-order valence-corrected chi connectivity index (χ0v) is 13.8. The van der Waals surface area contributed by atoms with E-state index in [1.807, 2.05) is 48.7 Å². The Labute approximate surface area is 140 Å². The Morgan fingerprint density at radius 3 is 2.87 bits per heavy atom. The van der Waals surface area contributed by atoms with Crippen molar-refractivity contribution in [3.05, 3.63) is 54.0 Å². The van der Waals surface area contributed by atoms with E-state index in [1.165, 1.54) is 0 Å². The largest absolute Gasteiger partial charge is 0.338 e. The molecule has 0 bridgehead atoms. The molecule has 0 radical (unpaired) electrons. The van der Waals surface area contributed by atoms with Gasteiger partial charge in [-0.3, -0.25) is 0 Å². The maximum absolute atomic E-state index is 5.42. The zero-order valence-electron chi connectivity index (χ0n) is 12.2. The van der Waals surface area contributed by atoms with Gasteiger partial charge in [0, 0.05) is 5.56 Å². The fraction of sp³-hybridized carbons (Fsp3) is 0.125. The van der Waals surface area contributed by atoms with E-state index in [0.29, 0.717) is 11.7 Å². The van der Waals surface area contributed by atoms with Crippen molar-refractivity contribution in [3.63, 3.8) is 0 Å². The lowest BCUT2D eigenvalue weighted by atomic mass is 10.2. The van der Waals surface area contributed by atoms with Crippen molar-refractivity contribution in [3.8, 4) is 11.4 Å². The van der Waals surface area contributed by atoms with E-state index in [0.717, 1.165) is 20.8 Å². The van der Waals surface area contributed by atoms with Gasteiger partial charge in [-0.2, -0.15) is 4.98 Å². The van der Waals surface area contributed by atoms with Crippen LogP contribution < -0.4 is 0 Å². The Kier molecular flexibility index (Phi) is 3.80. The lowest BCUT2D eigenvalue weighted by Crippen LogP contribution is -1.91. The van der Waals surface area contributed by atoms with Gasteiger partial charge in [0.15, 0.2) is 0 Å². The lowest BCUT2D eigenvalue weighted by molar-refractivity contribution is 0.381. The van der Waals surface area contributed by atoms with Crippen LogP contribution in [0.4, 0.5) is 0 Å². The highest BCUT2D eigenvalue weighted by atomic mass is 32.2. The van der Waals surface area contributed by atoms with E-state index in [9.17, 15) is 0 Å². The smallest absolute Gasteiger partial charge is 0.240 e. The average molecular weight is 340 g/mol. The fourth-order valence-corrected chi connectivity index (χ4v) is 4.04. The first-order valence-corrected chi connectivity index (χ1v) is 8.81. The summed E-state index contributed by atoms with van der Waals surface area (Å²) in [7, 11) is 0. The zero-order chi connectivity index (χ0) is 15.6. The quantitative estimate of drug-likeness (QED) is 0.400. The van der Waals surface area contributed by atoms with Gasteiger partial charge in [0.1, 0.15) is 11.4 Å². The molecular weight excluding hydrogens is 328 g/mol. The van der Waals surface area contributed by atoms with E-state index in [4.69, 9.17) is 4.52 Å². The molecule has 0 aliphatic carbocycles. The van der Waals surface area contributed by atoms with Crippen LogP contribution >= 0.6 is 23.1 Å². The third-order valence-electron chi connectivity index (χ3n) is 3.32. The number of hydrogen-bond acceptors (Lipinski definition) is 7. The van der Waals surface area contributed by atoms with Gasteiger partial charge >= 0.3 is 0 Å². The summed E-state index contributed by atoms with van der Waals surface area (Å²) < 4.78 is 6.51. The van der Waals surface area contributed by atoms with Gasteiger partial charge in [-0.15, -0.1) is 11.3 Å². The predicted octanol–water partition coefficient (Wildman–Crippen LogP) is 4.59. The third kappa shape index (κ3) is 2.85. The molecule has 0 aliphatic rings. The fourth-order valence-electron chi connectivity index (χ4n) is 2.17. The molecular formula is C16H12N4OS2. The van der Waals surface area contributed by atoms with E-state index < -0.39 is 0 Å². The molecule has 3 heterocycles. The summed E-state index contributed by atoms with van der Waals surface area (Å²) in [5, 5.41) is 7.05. The molecule has 0 amide bonds. The van der Waals surface area contributed by atoms with Crippen LogP contribution in [0.2, 0.25) is 0 Å². The molecule has 0 fully saturated rings. The Balaban J connectivity index is 1.59. The SMILES string of the molecule is CC(Sc1ncnc2ccsc12)c1nc(-c2ccccc2)no1. The van der Waals surface area contributed by atoms with Crippen LogP contribution in [0, 0.1) is 0 Å². The Morgan fingerprint density at radius 1 is 1.13 bits per heavy atom. The number of benzene rings is 1. The van der Waals surface area contributed by atoms with Gasteiger partial charge in [0.05, 0.1) is 15.5 Å². The van der Waals surface area contributed by atoms with E-state index >= 15 is 0 Å². The number of hydrogen-bond donors (Lipinski definition) is 0. The van der Waals surface area contributed by atoms with Crippen LogP contribution in [0.1, 0.15) is 18.1 Å². The van der Waals surface area contributed by atoms with Gasteiger partial charge in [0.2, 0.25) is 11.7 Å². The summed E-state index contributed by atoms with van der Waals surface area (Å²) in [6.07, 6.45) is 1.59. The highest BCUT2D eigenvalue weighted by Gasteiger charge is 2.18. The van der Waals surface area contributed by atoms with Crippen LogP contribution in [0.25, 0.3) is 21.6 Å². The maximum Gasteiger partial charge on any atom is 0.240 e. The maximum atomic E-state index is 5.42. The molecule has 0 saturated carbocycles. The van der Waals surface area contributed by atoms with Crippen LogP contribution in [0.3, 0.4) is 0 Å². The van der Waals surface area contributed by atoms with Crippen molar-refractivity contribution >= 4 is 33.3 Å². The summed E-state index contributed by atoms with van der Waals surface area (Å²) in [6, 6.07) is 11.8. The number of nitrogens with zero attached hydrogens (tertiary/aromatic N) is 4. The molecule has 1 unspecified atom stereocenters. The molecule has 7 heteroatoms. The first-order valence-electron chi connectivity index (χ1n) is 7.05. The van der Waals surface area contributed by atoms with Gasteiger partial charge in [0.25, 0.3) is 0 Å². The van der Waals surface area contributed by atoms with E-state index in [-0.39, 0.29) is 5.25 Å². The minimum atomic E-state index is 0.0140. The minimum absolute atomic E-state index is 0.0140. The molecule has 114 valence electrons. The normalized spacial score (nSPS) is 12.6. The number of thioether (sulfide) groups is 1. The molecule has 0 spiro atoms. The van der Waals surface area contributed by atoms with Crippen LogP contribution in [0.5, 0.6) is 0 Å². The predicted molar refractivity (Wildman–Crippen MR) is 91.4 cm³/mol. The van der Waals surface area contributed by atoms with Crippen LogP contribution in [0.15, 0.2) is 57.7 Å². The summed E-state index contributed by atoms with van der Waals surface area (Å²) in [5.74, 6) is 1.20. The highest BCUT2D eigenvalue weighted by Crippen LogP contribution is 2.38. The number of thiophene rings is 1. The van der Waals surface area contributed by atoms with E-state index in [1.54, 1.807) is 29.4 Å². The standard InChI is InChI=1S/C16H12N4OS2/c1-10(23-16-13-12(7-8-22-13)17-9-18-16)15-19-14(20-21-15)11-5-3-2-4-6-11/h2-10H,1H3. The van der Waals surface area contributed by atoms with Gasteiger partial charge in [-0.25, -0.2) is 9.97 Å². The number of aromatic nitrogens is 4. The number of rotatable bonds is 4. The third-order valence-corrected chi connectivity index (χ3v) is 5.45. The summed E-state index contributed by atoms with van der Waals surface area (Å²) in [6.45, 7) is 2.04. The van der Waals surface area contributed by atoms with Crippen molar-refractivity contribution in [2.75, 3.05) is 0 Å². The second-order valence-electron chi connectivity index (χ2n) is 4.90. The van der Waals surface area contributed by atoms with Crippen molar-refractivity contribution in [1.29, 1.82) is 0 Å². The van der Waals surface area contributed by atoms with Gasteiger partial charge in [-0.1, -0.05) is 47.3 Å². The molecule has 0 aliphatic heterocycles. The first-order chi connectivity index (χ1) is 11.3. The van der Waals surface area contributed by atoms with Gasteiger partial charge in [-0.05, 0) is 18.4 Å². The summed E-state index contributed by atoms with van der Waals surface area (Å²) >= 11 is 3.24. The Bertz CT molecular complexity index is 935. The second kappa shape index (κ2) is 6.10. The van der Waals surface area contributed by atoms with Crippen LogP contribution in [-0.2, 0) is 0 Å². The molecule has 4 rings (SSSR count). The minimum Gasteiger partial charge on any atom is -0.338 e.